The van der Waals surface area contributed by atoms with Gasteiger partial charge in [0, 0.05) is 52.8 Å². The predicted octanol–water partition coefficient (Wildman–Crippen LogP) is 4.36. The molecule has 3 N–H and O–H groups in total. The number of rotatable bonds is 7. The summed E-state index contributed by atoms with van der Waals surface area (Å²) in [5.41, 5.74) is 6.60. The minimum atomic E-state index is -0.135. The van der Waals surface area contributed by atoms with Crippen LogP contribution in [0.15, 0.2) is 54.9 Å². The molecule has 0 bridgehead atoms. The SMILES string of the molecule is COc1cc(C(=O)NC2[C@H]3COC[C@@H]23)ccc1Nc1ncc2c(n1)-n1ccc(C(=O)Nc3c(C)cccc3C)c1CC2. The summed E-state index contributed by atoms with van der Waals surface area (Å²) < 4.78 is 13.0. The molecule has 0 spiro atoms. The van der Waals surface area contributed by atoms with Gasteiger partial charge in [-0.1, -0.05) is 18.2 Å². The Kier molecular flexibility index (Phi) is 6.42. The predicted molar refractivity (Wildman–Crippen MR) is 158 cm³/mol. The van der Waals surface area contributed by atoms with Crippen molar-refractivity contribution >= 4 is 29.1 Å². The molecule has 2 aliphatic heterocycles. The number of nitrogens with zero attached hydrogens (tertiary/aromatic N) is 3. The summed E-state index contributed by atoms with van der Waals surface area (Å²) in [5, 5.41) is 9.46. The first-order valence-corrected chi connectivity index (χ1v) is 14.2. The lowest BCUT2D eigenvalue weighted by Crippen LogP contribution is -2.29. The number of carbonyl (C=O) groups excluding carboxylic acids is 2. The first-order valence-electron chi connectivity index (χ1n) is 14.2. The molecule has 2 aromatic carbocycles. The third kappa shape index (κ3) is 4.57. The van der Waals surface area contributed by atoms with E-state index in [-0.39, 0.29) is 17.9 Å². The summed E-state index contributed by atoms with van der Waals surface area (Å²) in [7, 11) is 1.57. The van der Waals surface area contributed by atoms with Gasteiger partial charge in [0.15, 0.2) is 0 Å². The Morgan fingerprint density at radius 1 is 1.02 bits per heavy atom. The monoisotopic (exact) mass is 564 g/mol. The van der Waals surface area contributed by atoms with Crippen molar-refractivity contribution in [3.63, 3.8) is 0 Å². The number of methoxy groups -OCH3 is 1. The van der Waals surface area contributed by atoms with Crippen LogP contribution in [0.1, 0.15) is 43.1 Å². The van der Waals surface area contributed by atoms with E-state index in [1.807, 2.05) is 55.1 Å². The fraction of sp³-hybridized carbons (Fsp3) is 0.312. The second-order valence-electron chi connectivity index (χ2n) is 11.2. The number of para-hydroxylation sites is 1. The zero-order chi connectivity index (χ0) is 29.0. The van der Waals surface area contributed by atoms with Crippen LogP contribution in [0.2, 0.25) is 0 Å². The summed E-state index contributed by atoms with van der Waals surface area (Å²) in [4.78, 5) is 35.5. The number of benzene rings is 2. The summed E-state index contributed by atoms with van der Waals surface area (Å²) in [5.74, 6) is 2.23. The molecule has 1 saturated heterocycles. The standard InChI is InChI=1S/C32H32N6O4/c1-17-5-4-6-18(2)27(17)35-31(40)21-11-12-38-25(21)10-8-20-14-33-32(37-29(20)38)34-24-9-7-19(13-26(24)41-3)30(39)36-28-22-15-42-16-23(22)28/h4-7,9,11-14,22-23,28H,8,10,15-16H2,1-3H3,(H,35,40)(H,36,39)(H,33,34,37)/t22-,23+,28?. The average molecular weight is 565 g/mol. The number of anilines is 3. The molecule has 214 valence electrons. The fourth-order valence-electron chi connectivity index (χ4n) is 6.16. The lowest BCUT2D eigenvalue weighted by molar-refractivity contribution is 0.0928. The highest BCUT2D eigenvalue weighted by atomic mass is 16.5. The van der Waals surface area contributed by atoms with E-state index in [0.717, 1.165) is 40.3 Å². The van der Waals surface area contributed by atoms with Crippen LogP contribution in [0.5, 0.6) is 5.75 Å². The van der Waals surface area contributed by atoms with Crippen molar-refractivity contribution in [3.8, 4) is 11.6 Å². The van der Waals surface area contributed by atoms with Crippen molar-refractivity contribution in [1.82, 2.24) is 19.9 Å². The van der Waals surface area contributed by atoms with E-state index in [1.54, 1.807) is 25.3 Å². The quantitative estimate of drug-likeness (QED) is 0.305. The van der Waals surface area contributed by atoms with Gasteiger partial charge in [-0.25, -0.2) is 4.98 Å². The van der Waals surface area contributed by atoms with Crippen LogP contribution in [0.4, 0.5) is 17.3 Å². The fourth-order valence-corrected chi connectivity index (χ4v) is 6.16. The molecule has 1 saturated carbocycles. The van der Waals surface area contributed by atoms with Crippen LogP contribution >= 0.6 is 0 Å². The molecule has 10 heteroatoms. The number of aryl methyl sites for hydroxylation is 3. The summed E-state index contributed by atoms with van der Waals surface area (Å²) in [6.45, 7) is 5.42. The van der Waals surface area contributed by atoms with E-state index in [0.29, 0.717) is 60.0 Å². The maximum Gasteiger partial charge on any atom is 0.257 e. The van der Waals surface area contributed by atoms with Gasteiger partial charge in [-0.05, 0) is 62.1 Å². The molecule has 3 atom stereocenters. The number of hydrogen-bond acceptors (Lipinski definition) is 7. The van der Waals surface area contributed by atoms with Crippen molar-refractivity contribution in [3.05, 3.63) is 88.4 Å². The highest BCUT2D eigenvalue weighted by molar-refractivity contribution is 6.06. The Balaban J connectivity index is 1.10. The van der Waals surface area contributed by atoms with E-state index in [1.165, 1.54) is 0 Å². The molecule has 10 nitrogen and oxygen atoms in total. The van der Waals surface area contributed by atoms with Crippen LogP contribution in [0.25, 0.3) is 5.82 Å². The van der Waals surface area contributed by atoms with Crippen molar-refractivity contribution in [2.45, 2.75) is 32.7 Å². The smallest absolute Gasteiger partial charge is 0.257 e. The van der Waals surface area contributed by atoms with Crippen LogP contribution in [-0.4, -0.2) is 52.7 Å². The number of fused-ring (bicyclic) bond motifs is 4. The zero-order valence-electron chi connectivity index (χ0n) is 23.7. The van der Waals surface area contributed by atoms with Gasteiger partial charge in [0.1, 0.15) is 11.6 Å². The number of carbonyl (C=O) groups is 2. The van der Waals surface area contributed by atoms with Crippen molar-refractivity contribution in [2.75, 3.05) is 31.0 Å². The first-order chi connectivity index (χ1) is 20.4. The van der Waals surface area contributed by atoms with Crippen LogP contribution < -0.4 is 20.7 Å². The topological polar surface area (TPSA) is 119 Å². The second-order valence-corrected chi connectivity index (χ2v) is 11.2. The third-order valence-corrected chi connectivity index (χ3v) is 8.62. The Morgan fingerprint density at radius 2 is 1.81 bits per heavy atom. The Bertz CT molecular complexity index is 1700. The van der Waals surface area contributed by atoms with Crippen LogP contribution in [-0.2, 0) is 17.6 Å². The van der Waals surface area contributed by atoms with Gasteiger partial charge in [0.05, 0.1) is 31.6 Å². The average Bonchev–Trinajstić information content (AvgIpc) is 3.34. The Morgan fingerprint density at radius 3 is 2.57 bits per heavy atom. The van der Waals surface area contributed by atoms with Gasteiger partial charge in [0.25, 0.3) is 11.8 Å². The first kappa shape index (κ1) is 26.2. The molecule has 7 rings (SSSR count). The minimum Gasteiger partial charge on any atom is -0.495 e. The molecule has 2 fully saturated rings. The number of amides is 2. The summed E-state index contributed by atoms with van der Waals surface area (Å²) in [6.07, 6.45) is 5.13. The van der Waals surface area contributed by atoms with E-state index in [9.17, 15) is 9.59 Å². The second kappa shape index (κ2) is 10.3. The van der Waals surface area contributed by atoms with Crippen LogP contribution in [0, 0.1) is 25.7 Å². The number of nitrogens with one attached hydrogen (secondary N) is 3. The molecule has 4 heterocycles. The Hall–Kier alpha value is -4.70. The maximum absolute atomic E-state index is 13.3. The highest BCUT2D eigenvalue weighted by Crippen LogP contribution is 2.44. The van der Waals surface area contributed by atoms with E-state index >= 15 is 0 Å². The number of aromatic nitrogens is 3. The van der Waals surface area contributed by atoms with E-state index in [4.69, 9.17) is 14.5 Å². The lowest BCUT2D eigenvalue weighted by atomic mass is 10.0. The molecule has 4 aromatic rings. The van der Waals surface area contributed by atoms with E-state index in [2.05, 4.69) is 20.9 Å². The molecule has 1 aliphatic carbocycles. The van der Waals surface area contributed by atoms with Gasteiger partial charge in [-0.3, -0.25) is 9.59 Å². The van der Waals surface area contributed by atoms with Crippen molar-refractivity contribution in [2.24, 2.45) is 11.8 Å². The third-order valence-electron chi connectivity index (χ3n) is 8.62. The molecule has 3 aliphatic rings. The molecule has 2 aromatic heterocycles. The molecule has 2 amide bonds. The number of hydrogen-bond donors (Lipinski definition) is 3. The largest absolute Gasteiger partial charge is 0.495 e. The molecular formula is C32H32N6O4. The lowest BCUT2D eigenvalue weighted by Gasteiger charge is -2.20. The minimum absolute atomic E-state index is 0.123. The van der Waals surface area contributed by atoms with Gasteiger partial charge >= 0.3 is 0 Å². The molecule has 0 radical (unpaired) electrons. The summed E-state index contributed by atoms with van der Waals surface area (Å²) >= 11 is 0. The van der Waals surface area contributed by atoms with E-state index < -0.39 is 0 Å². The molecule has 42 heavy (non-hydrogen) atoms. The zero-order valence-corrected chi connectivity index (χ0v) is 23.7. The van der Waals surface area contributed by atoms with Crippen LogP contribution in [0.3, 0.4) is 0 Å². The van der Waals surface area contributed by atoms with Crippen molar-refractivity contribution < 1.29 is 19.1 Å². The highest BCUT2D eigenvalue weighted by Gasteiger charge is 2.54. The normalized spacial score (nSPS) is 19.7. The van der Waals surface area contributed by atoms with Crippen molar-refractivity contribution in [1.29, 1.82) is 0 Å². The summed E-state index contributed by atoms with van der Waals surface area (Å²) in [6, 6.07) is 13.3. The Labute approximate surface area is 243 Å². The van der Waals surface area contributed by atoms with Gasteiger partial charge in [-0.15, -0.1) is 0 Å². The van der Waals surface area contributed by atoms with Gasteiger partial charge in [-0.2, -0.15) is 4.98 Å². The molecule has 1 unspecified atom stereocenters. The van der Waals surface area contributed by atoms with Gasteiger partial charge < -0.3 is 30.0 Å². The van der Waals surface area contributed by atoms with Gasteiger partial charge in [0.2, 0.25) is 5.95 Å². The maximum atomic E-state index is 13.3. The molecular weight excluding hydrogens is 532 g/mol. The number of ether oxygens (including phenoxy) is 2.